The summed E-state index contributed by atoms with van der Waals surface area (Å²) in [5.41, 5.74) is 0. The molecule has 8 saturated carbocycles. The van der Waals surface area contributed by atoms with E-state index in [1.165, 1.54) is 0 Å². The molecule has 8 aliphatic carbocycles. The van der Waals surface area contributed by atoms with E-state index in [4.69, 9.17) is 0 Å². The van der Waals surface area contributed by atoms with Crippen LogP contribution in [0.5, 0.6) is 0 Å². The molecular formula is C40H40In4+8. The minimum absolute atomic E-state index is 0. The Morgan fingerprint density at radius 3 is 0.136 bits per heavy atom. The first kappa shape index (κ1) is 54.3. The van der Waals surface area contributed by atoms with Crippen molar-refractivity contribution in [2.24, 2.45) is 0 Å². The van der Waals surface area contributed by atoms with Crippen molar-refractivity contribution in [3.63, 3.8) is 0 Å². The summed E-state index contributed by atoms with van der Waals surface area (Å²) in [6.45, 7) is 0. The van der Waals surface area contributed by atoms with E-state index in [2.05, 4.69) is 0 Å². The van der Waals surface area contributed by atoms with Gasteiger partial charge in [0.25, 0.3) is 0 Å². The van der Waals surface area contributed by atoms with Crippen molar-refractivity contribution >= 4 is 103 Å². The summed E-state index contributed by atoms with van der Waals surface area (Å²) < 4.78 is 0. The SMILES string of the molecule is [CH]1[CH][CH][CH][CH]1.[CH]1[CH][CH][CH][CH]1.[CH]1[CH][CH][CH][CH]1.[CH]1[CH][CH][CH][CH]1.[CH]1[CH][CH][CH][CH]1.[CH]1[CH][CH][CH][CH]1.[CH]1[CH][CH][CH][CH]1.[CH]1[CH][CH][CH][CH]1.[In+3].[In+3].[In+].[In+]. The Labute approximate surface area is 356 Å². The average molecular weight is 980 g/mol. The third-order valence-corrected chi connectivity index (χ3v) is 4.44. The first-order valence-corrected chi connectivity index (χ1v) is 13.3. The third kappa shape index (κ3) is 47.6. The van der Waals surface area contributed by atoms with Crippen molar-refractivity contribution < 1.29 is 0 Å². The minimum atomic E-state index is 0. The molecule has 0 atom stereocenters. The number of rotatable bonds is 0. The van der Waals surface area contributed by atoms with Crippen LogP contribution in [0.15, 0.2) is 0 Å². The third-order valence-electron chi connectivity index (χ3n) is 4.44. The van der Waals surface area contributed by atoms with E-state index in [0.29, 0.717) is 0 Å². The van der Waals surface area contributed by atoms with Crippen LogP contribution >= 0.6 is 0 Å². The van der Waals surface area contributed by atoms with Crippen LogP contribution in [0, 0.1) is 257 Å². The van der Waals surface area contributed by atoms with Gasteiger partial charge < -0.3 is 0 Å². The van der Waals surface area contributed by atoms with Crippen molar-refractivity contribution in [2.75, 3.05) is 0 Å². The van der Waals surface area contributed by atoms with E-state index in [1.807, 2.05) is 257 Å². The quantitative estimate of drug-likeness (QED) is 0.256. The molecule has 0 bridgehead atoms. The zero-order valence-electron chi connectivity index (χ0n) is 25.4. The Hall–Kier alpha value is 3.48. The van der Waals surface area contributed by atoms with Gasteiger partial charge in [-0.15, -0.1) is 0 Å². The molecule has 0 aromatic carbocycles. The van der Waals surface area contributed by atoms with Gasteiger partial charge in [-0.3, -0.25) is 0 Å². The van der Waals surface area contributed by atoms with Crippen LogP contribution in [0.1, 0.15) is 0 Å². The summed E-state index contributed by atoms with van der Waals surface area (Å²) in [5.74, 6) is 0. The van der Waals surface area contributed by atoms with Gasteiger partial charge in [0, 0.05) is 0 Å². The van der Waals surface area contributed by atoms with Crippen LogP contribution in [-0.4, -0.2) is 103 Å². The summed E-state index contributed by atoms with van der Waals surface area (Å²) in [5, 5.41) is 0. The van der Waals surface area contributed by atoms with Gasteiger partial charge in [0.15, 0.2) is 0 Å². The molecular weight excluding hydrogens is 940 g/mol. The van der Waals surface area contributed by atoms with E-state index in [9.17, 15) is 0 Å². The smallest absolute Gasteiger partial charge is 0.0312 e. The van der Waals surface area contributed by atoms with Crippen molar-refractivity contribution in [3.8, 4) is 0 Å². The Bertz CT molecular complexity index is 232. The Morgan fingerprint density at radius 1 is 0.0909 bits per heavy atom. The Morgan fingerprint density at radius 2 is 0.114 bits per heavy atom. The van der Waals surface area contributed by atoms with Gasteiger partial charge >= 0.3 is 103 Å². The van der Waals surface area contributed by atoms with Gasteiger partial charge in [-0.1, -0.05) is 0 Å². The minimum Gasteiger partial charge on any atom is -0.0312 e. The normalized spacial score (nSPS) is 21.8. The molecule has 8 aliphatic rings. The maximum absolute atomic E-state index is 2.00. The Kier molecular flexibility index (Phi) is 62.7. The fourth-order valence-corrected chi connectivity index (χ4v) is 2.57. The second kappa shape index (κ2) is 50.9. The average Bonchev–Trinajstić information content (AvgIpc) is 3.95. The van der Waals surface area contributed by atoms with E-state index >= 15 is 0 Å². The van der Waals surface area contributed by atoms with Gasteiger partial charge in [-0.25, -0.2) is 0 Å². The summed E-state index contributed by atoms with van der Waals surface area (Å²) in [4.78, 5) is 0. The molecule has 0 N–H and O–H groups in total. The van der Waals surface area contributed by atoms with Crippen LogP contribution in [0.3, 0.4) is 0 Å². The van der Waals surface area contributed by atoms with E-state index in [1.54, 1.807) is 0 Å². The first-order valence-electron chi connectivity index (χ1n) is 13.3. The largest absolute Gasteiger partial charge is 3.00 e. The second-order valence-corrected chi connectivity index (χ2v) is 7.70. The van der Waals surface area contributed by atoms with Crippen LogP contribution in [0.2, 0.25) is 0 Å². The molecule has 4 heteroatoms. The van der Waals surface area contributed by atoms with Gasteiger partial charge in [-0.05, 0) is 257 Å². The predicted octanol–water partition coefficient (Wildman–Crippen LogP) is 6.65. The molecule has 204 valence electrons. The molecule has 44 heavy (non-hydrogen) atoms. The van der Waals surface area contributed by atoms with Crippen LogP contribution in [0.25, 0.3) is 0 Å². The van der Waals surface area contributed by atoms with Gasteiger partial charge in [-0.2, -0.15) is 0 Å². The molecule has 8 fully saturated rings. The molecule has 0 aromatic heterocycles. The van der Waals surface area contributed by atoms with Crippen molar-refractivity contribution in [2.45, 2.75) is 0 Å². The molecule has 0 heterocycles. The second-order valence-electron chi connectivity index (χ2n) is 7.70. The zero-order chi connectivity index (χ0) is 28.3. The molecule has 0 aromatic rings. The maximum Gasteiger partial charge on any atom is 3.00 e. The molecule has 8 rings (SSSR count). The van der Waals surface area contributed by atoms with Gasteiger partial charge in [0.05, 0.1) is 0 Å². The van der Waals surface area contributed by atoms with Gasteiger partial charge in [0.1, 0.15) is 0 Å². The molecule has 0 spiro atoms. The van der Waals surface area contributed by atoms with E-state index < -0.39 is 0 Å². The van der Waals surface area contributed by atoms with Crippen LogP contribution in [0.4, 0.5) is 0 Å². The molecule has 44 radical (unpaired) electrons. The molecule has 0 aliphatic heterocycles. The van der Waals surface area contributed by atoms with Gasteiger partial charge in [0.2, 0.25) is 0 Å². The topological polar surface area (TPSA) is 0 Å². The predicted molar refractivity (Wildman–Crippen MR) is 195 cm³/mol. The molecule has 0 nitrogen and oxygen atoms in total. The molecule has 0 amide bonds. The molecule has 0 unspecified atom stereocenters. The standard InChI is InChI=1S/8C5H5.4In/c8*1-2-4-5-3-1;;;;/h8*1-5H;;;;/q;;;;;;;;2*+1;2*+3. The van der Waals surface area contributed by atoms with Crippen LogP contribution < -0.4 is 0 Å². The van der Waals surface area contributed by atoms with Crippen molar-refractivity contribution in [3.05, 3.63) is 257 Å². The first-order chi connectivity index (χ1) is 20.0. The Balaban J connectivity index is -0.000000205. The van der Waals surface area contributed by atoms with E-state index in [0.717, 1.165) is 0 Å². The van der Waals surface area contributed by atoms with E-state index in [-0.39, 0.29) is 103 Å². The maximum atomic E-state index is 2.00. The zero-order valence-corrected chi connectivity index (χ0v) is 38.6. The van der Waals surface area contributed by atoms with Crippen molar-refractivity contribution in [1.29, 1.82) is 0 Å². The fraction of sp³-hybridized carbons (Fsp3) is 0. The summed E-state index contributed by atoms with van der Waals surface area (Å²) in [7, 11) is 0. The van der Waals surface area contributed by atoms with Crippen molar-refractivity contribution in [1.82, 2.24) is 0 Å². The fourth-order valence-electron chi connectivity index (χ4n) is 2.57. The number of hydrogen-bond acceptors (Lipinski definition) is 0. The summed E-state index contributed by atoms with van der Waals surface area (Å²) in [6.07, 6.45) is 80.0. The summed E-state index contributed by atoms with van der Waals surface area (Å²) in [6, 6.07) is 0. The summed E-state index contributed by atoms with van der Waals surface area (Å²) >= 11 is 0. The number of hydrogen-bond donors (Lipinski definition) is 0. The van der Waals surface area contributed by atoms with Crippen LogP contribution in [-0.2, 0) is 0 Å². The molecule has 0 saturated heterocycles. The monoisotopic (exact) mass is 980 g/mol.